The maximum absolute atomic E-state index is 10.9. The van der Waals surface area contributed by atoms with E-state index in [1.807, 2.05) is 13.8 Å². The van der Waals surface area contributed by atoms with E-state index in [1.165, 1.54) is 14.2 Å². The smallest absolute Gasteiger partial charge is 0.334 e. The Kier molecular flexibility index (Phi) is 4.86. The molecule has 0 saturated heterocycles. The molecule has 0 heterocycles. The lowest BCUT2D eigenvalue weighted by atomic mass is 10.1. The second-order valence-corrected chi connectivity index (χ2v) is 2.88. The van der Waals surface area contributed by atoms with Crippen LogP contribution >= 0.6 is 0 Å². The van der Waals surface area contributed by atoms with Crippen molar-refractivity contribution in [2.75, 3.05) is 14.2 Å². The second kappa shape index (κ2) is 5.13. The SMILES string of the molecule is COC(=O)C(CC(C)C)OC. The number of hydrogen-bond donors (Lipinski definition) is 0. The highest BCUT2D eigenvalue weighted by Gasteiger charge is 2.18. The number of esters is 1. The first-order chi connectivity index (χ1) is 5.11. The van der Waals surface area contributed by atoms with E-state index < -0.39 is 6.10 Å². The number of hydrogen-bond acceptors (Lipinski definition) is 3. The molecular weight excluding hydrogens is 144 g/mol. The van der Waals surface area contributed by atoms with Crippen LogP contribution < -0.4 is 0 Å². The van der Waals surface area contributed by atoms with Crippen molar-refractivity contribution in [3.8, 4) is 0 Å². The molecule has 11 heavy (non-hydrogen) atoms. The van der Waals surface area contributed by atoms with Crippen molar-refractivity contribution in [1.82, 2.24) is 0 Å². The Hall–Kier alpha value is -0.570. The van der Waals surface area contributed by atoms with Gasteiger partial charge in [0, 0.05) is 7.11 Å². The van der Waals surface area contributed by atoms with E-state index in [4.69, 9.17) is 4.74 Å². The van der Waals surface area contributed by atoms with Gasteiger partial charge in [-0.3, -0.25) is 0 Å². The van der Waals surface area contributed by atoms with Gasteiger partial charge in [0.25, 0.3) is 0 Å². The van der Waals surface area contributed by atoms with Crippen molar-refractivity contribution in [1.29, 1.82) is 0 Å². The fourth-order valence-corrected chi connectivity index (χ4v) is 0.848. The molecule has 3 heteroatoms. The van der Waals surface area contributed by atoms with E-state index in [2.05, 4.69) is 4.74 Å². The van der Waals surface area contributed by atoms with Gasteiger partial charge in [0.1, 0.15) is 0 Å². The summed E-state index contributed by atoms with van der Waals surface area (Å²) in [5, 5.41) is 0. The predicted molar refractivity (Wildman–Crippen MR) is 42.3 cm³/mol. The minimum Gasteiger partial charge on any atom is -0.467 e. The summed E-state index contributed by atoms with van der Waals surface area (Å²) in [6.45, 7) is 4.07. The van der Waals surface area contributed by atoms with Crippen LogP contribution in [0.5, 0.6) is 0 Å². The molecule has 0 aromatic carbocycles. The van der Waals surface area contributed by atoms with E-state index in [1.54, 1.807) is 0 Å². The van der Waals surface area contributed by atoms with Crippen LogP contribution in [-0.2, 0) is 14.3 Å². The Morgan fingerprint density at radius 3 is 2.18 bits per heavy atom. The molecule has 1 unspecified atom stereocenters. The molecule has 0 aliphatic heterocycles. The molecule has 0 bridgehead atoms. The summed E-state index contributed by atoms with van der Waals surface area (Å²) in [5.74, 6) is 0.153. The van der Waals surface area contributed by atoms with Gasteiger partial charge in [-0.2, -0.15) is 0 Å². The Labute approximate surface area is 67.7 Å². The third kappa shape index (κ3) is 3.98. The fourth-order valence-electron chi connectivity index (χ4n) is 0.848. The van der Waals surface area contributed by atoms with Gasteiger partial charge < -0.3 is 9.47 Å². The van der Waals surface area contributed by atoms with E-state index in [0.29, 0.717) is 12.3 Å². The lowest BCUT2D eigenvalue weighted by Gasteiger charge is -2.14. The van der Waals surface area contributed by atoms with Gasteiger partial charge in [0.2, 0.25) is 0 Å². The molecule has 0 saturated carbocycles. The Bertz CT molecular complexity index is 121. The summed E-state index contributed by atoms with van der Waals surface area (Å²) in [4.78, 5) is 10.9. The third-order valence-electron chi connectivity index (χ3n) is 1.43. The van der Waals surface area contributed by atoms with E-state index in [-0.39, 0.29) is 5.97 Å². The predicted octanol–water partition coefficient (Wildman–Crippen LogP) is 1.22. The van der Waals surface area contributed by atoms with Gasteiger partial charge in [-0.15, -0.1) is 0 Å². The highest BCUT2D eigenvalue weighted by molar-refractivity contribution is 5.74. The van der Waals surface area contributed by atoms with Crippen LogP contribution in [0.3, 0.4) is 0 Å². The lowest BCUT2D eigenvalue weighted by molar-refractivity contribution is -0.153. The molecule has 0 aliphatic carbocycles. The molecule has 0 rings (SSSR count). The first kappa shape index (κ1) is 10.4. The summed E-state index contributed by atoms with van der Waals surface area (Å²) >= 11 is 0. The van der Waals surface area contributed by atoms with Crippen molar-refractivity contribution >= 4 is 5.97 Å². The van der Waals surface area contributed by atoms with Crippen LogP contribution in [0.15, 0.2) is 0 Å². The van der Waals surface area contributed by atoms with Crippen LogP contribution in [0.2, 0.25) is 0 Å². The highest BCUT2D eigenvalue weighted by atomic mass is 16.6. The minimum absolute atomic E-state index is 0.291. The summed E-state index contributed by atoms with van der Waals surface area (Å²) in [7, 11) is 2.89. The van der Waals surface area contributed by atoms with Crippen LogP contribution in [0.4, 0.5) is 0 Å². The average Bonchev–Trinajstić information content (AvgIpc) is 1.98. The largest absolute Gasteiger partial charge is 0.467 e. The van der Waals surface area contributed by atoms with E-state index >= 15 is 0 Å². The maximum atomic E-state index is 10.9. The molecule has 0 radical (unpaired) electrons. The minimum atomic E-state index is -0.403. The summed E-state index contributed by atoms with van der Waals surface area (Å²) in [6.07, 6.45) is 0.309. The van der Waals surface area contributed by atoms with Gasteiger partial charge in [0.15, 0.2) is 6.10 Å². The zero-order valence-corrected chi connectivity index (χ0v) is 7.59. The molecule has 0 N–H and O–H groups in total. The van der Waals surface area contributed by atoms with Crippen molar-refractivity contribution in [3.63, 3.8) is 0 Å². The molecule has 0 spiro atoms. The molecule has 0 fully saturated rings. The number of rotatable bonds is 4. The average molecular weight is 160 g/mol. The van der Waals surface area contributed by atoms with Gasteiger partial charge in [-0.25, -0.2) is 4.79 Å². The number of methoxy groups -OCH3 is 2. The Morgan fingerprint density at radius 1 is 1.36 bits per heavy atom. The summed E-state index contributed by atoms with van der Waals surface area (Å²) < 4.78 is 9.48. The molecule has 0 amide bonds. The topological polar surface area (TPSA) is 35.5 Å². The number of carbonyl (C=O) groups excluding carboxylic acids is 1. The Balaban J connectivity index is 3.84. The van der Waals surface area contributed by atoms with Gasteiger partial charge >= 0.3 is 5.97 Å². The van der Waals surface area contributed by atoms with E-state index in [9.17, 15) is 4.79 Å². The summed E-state index contributed by atoms with van der Waals surface area (Å²) in [6, 6.07) is 0. The normalized spacial score (nSPS) is 13.2. The standard InChI is InChI=1S/C8H16O3/c1-6(2)5-7(10-3)8(9)11-4/h6-7H,5H2,1-4H3. The molecule has 66 valence electrons. The molecule has 1 atom stereocenters. The fraction of sp³-hybridized carbons (Fsp3) is 0.875. The van der Waals surface area contributed by atoms with Crippen molar-refractivity contribution in [3.05, 3.63) is 0 Å². The van der Waals surface area contributed by atoms with Crippen LogP contribution in [0, 0.1) is 5.92 Å². The monoisotopic (exact) mass is 160 g/mol. The van der Waals surface area contributed by atoms with Gasteiger partial charge in [-0.05, 0) is 12.3 Å². The third-order valence-corrected chi connectivity index (χ3v) is 1.43. The zero-order chi connectivity index (χ0) is 8.85. The van der Waals surface area contributed by atoms with Crippen molar-refractivity contribution in [2.45, 2.75) is 26.4 Å². The van der Waals surface area contributed by atoms with E-state index in [0.717, 1.165) is 0 Å². The maximum Gasteiger partial charge on any atom is 0.334 e. The van der Waals surface area contributed by atoms with Crippen LogP contribution in [0.25, 0.3) is 0 Å². The quantitative estimate of drug-likeness (QED) is 0.580. The Morgan fingerprint density at radius 2 is 1.91 bits per heavy atom. The molecule has 0 aliphatic rings. The van der Waals surface area contributed by atoms with Gasteiger partial charge in [-0.1, -0.05) is 13.8 Å². The molecule has 0 aromatic heterocycles. The zero-order valence-electron chi connectivity index (χ0n) is 7.59. The second-order valence-electron chi connectivity index (χ2n) is 2.88. The van der Waals surface area contributed by atoms with Crippen molar-refractivity contribution in [2.24, 2.45) is 5.92 Å². The van der Waals surface area contributed by atoms with Crippen molar-refractivity contribution < 1.29 is 14.3 Å². The summed E-state index contributed by atoms with van der Waals surface area (Å²) in [5.41, 5.74) is 0. The van der Waals surface area contributed by atoms with Gasteiger partial charge in [0.05, 0.1) is 7.11 Å². The lowest BCUT2D eigenvalue weighted by Crippen LogP contribution is -2.25. The molecule has 0 aromatic rings. The number of ether oxygens (including phenoxy) is 2. The first-order valence-electron chi connectivity index (χ1n) is 3.72. The van der Waals surface area contributed by atoms with Crippen LogP contribution in [0.1, 0.15) is 20.3 Å². The first-order valence-corrected chi connectivity index (χ1v) is 3.72. The molecular formula is C8H16O3. The molecule has 3 nitrogen and oxygen atoms in total. The number of carbonyl (C=O) groups is 1. The highest BCUT2D eigenvalue weighted by Crippen LogP contribution is 2.08. The van der Waals surface area contributed by atoms with Crippen LogP contribution in [-0.4, -0.2) is 26.3 Å².